The lowest BCUT2D eigenvalue weighted by Gasteiger charge is -2.12. The topological polar surface area (TPSA) is 49.3 Å². The van der Waals surface area contributed by atoms with Gasteiger partial charge < -0.3 is 10.4 Å². The van der Waals surface area contributed by atoms with Crippen LogP contribution in [0.1, 0.15) is 26.7 Å². The summed E-state index contributed by atoms with van der Waals surface area (Å²) in [6.45, 7) is 3.47. The molecular formula is C9H17F2NO2. The number of nitrogens with one attached hydrogen (secondary N) is 1. The molecule has 0 aliphatic carbocycles. The van der Waals surface area contributed by atoms with Crippen molar-refractivity contribution in [3.63, 3.8) is 0 Å². The van der Waals surface area contributed by atoms with Gasteiger partial charge in [0, 0.05) is 13.0 Å². The van der Waals surface area contributed by atoms with Gasteiger partial charge in [0.1, 0.15) is 6.10 Å². The van der Waals surface area contributed by atoms with Gasteiger partial charge in [-0.2, -0.15) is 0 Å². The van der Waals surface area contributed by atoms with Crippen LogP contribution in [0.25, 0.3) is 0 Å². The number of hydrogen-bond acceptors (Lipinski definition) is 2. The molecule has 0 aromatic rings. The molecule has 0 fully saturated rings. The minimum Gasteiger partial charge on any atom is -0.385 e. The van der Waals surface area contributed by atoms with Crippen LogP contribution in [-0.2, 0) is 4.79 Å². The molecule has 3 nitrogen and oxygen atoms in total. The van der Waals surface area contributed by atoms with Crippen molar-refractivity contribution < 1.29 is 18.7 Å². The largest absolute Gasteiger partial charge is 0.385 e. The molecule has 0 spiro atoms. The van der Waals surface area contributed by atoms with Gasteiger partial charge in [-0.3, -0.25) is 4.79 Å². The minimum absolute atomic E-state index is 0.235. The summed E-state index contributed by atoms with van der Waals surface area (Å²) in [5, 5.41) is 11.0. The van der Waals surface area contributed by atoms with E-state index in [1.54, 1.807) is 0 Å². The first-order valence-electron chi connectivity index (χ1n) is 4.70. The zero-order chi connectivity index (χ0) is 11.1. The second-order valence-corrected chi connectivity index (χ2v) is 3.42. The molecule has 2 unspecified atom stereocenters. The van der Waals surface area contributed by atoms with Crippen molar-refractivity contribution in [1.82, 2.24) is 5.32 Å². The number of rotatable bonds is 6. The summed E-state index contributed by atoms with van der Waals surface area (Å²) in [5.74, 6) is -0.0576. The van der Waals surface area contributed by atoms with Crippen LogP contribution in [0.4, 0.5) is 8.78 Å². The molecule has 14 heavy (non-hydrogen) atoms. The van der Waals surface area contributed by atoms with E-state index in [2.05, 4.69) is 5.32 Å². The molecule has 0 rings (SSSR count). The van der Waals surface area contributed by atoms with Gasteiger partial charge in [-0.05, 0) is 5.92 Å². The Bertz CT molecular complexity index is 176. The minimum atomic E-state index is -2.81. The Morgan fingerprint density at radius 2 is 2.07 bits per heavy atom. The van der Waals surface area contributed by atoms with E-state index in [1.165, 1.54) is 0 Å². The predicted molar refractivity (Wildman–Crippen MR) is 49.1 cm³/mol. The third-order valence-electron chi connectivity index (χ3n) is 2.03. The SMILES string of the molecule is CCC(C)CC(=O)NCC(O)C(F)F. The molecule has 0 aliphatic heterocycles. The lowest BCUT2D eigenvalue weighted by molar-refractivity contribution is -0.122. The second-order valence-electron chi connectivity index (χ2n) is 3.42. The number of aliphatic hydroxyl groups excluding tert-OH is 1. The Kier molecular flexibility index (Phi) is 6.36. The van der Waals surface area contributed by atoms with Gasteiger partial charge in [0.15, 0.2) is 0 Å². The maximum atomic E-state index is 11.8. The monoisotopic (exact) mass is 209 g/mol. The van der Waals surface area contributed by atoms with E-state index in [-0.39, 0.29) is 18.4 Å². The van der Waals surface area contributed by atoms with Crippen LogP contribution < -0.4 is 5.32 Å². The Hall–Kier alpha value is -0.710. The normalized spacial score (nSPS) is 15.3. The molecule has 0 saturated heterocycles. The molecule has 84 valence electrons. The van der Waals surface area contributed by atoms with Gasteiger partial charge in [-0.25, -0.2) is 8.78 Å². The first-order chi connectivity index (χ1) is 6.47. The van der Waals surface area contributed by atoms with Crippen LogP contribution in [0.15, 0.2) is 0 Å². The Morgan fingerprint density at radius 1 is 1.50 bits per heavy atom. The summed E-state index contributed by atoms with van der Waals surface area (Å²) in [5.41, 5.74) is 0. The van der Waals surface area contributed by atoms with Crippen molar-refractivity contribution in [3.8, 4) is 0 Å². The van der Waals surface area contributed by atoms with E-state index in [0.29, 0.717) is 6.42 Å². The lowest BCUT2D eigenvalue weighted by Crippen LogP contribution is -2.36. The van der Waals surface area contributed by atoms with Gasteiger partial charge in [-0.15, -0.1) is 0 Å². The Morgan fingerprint density at radius 3 is 2.50 bits per heavy atom. The first kappa shape index (κ1) is 13.3. The molecule has 2 N–H and O–H groups in total. The fourth-order valence-electron chi connectivity index (χ4n) is 0.840. The highest BCUT2D eigenvalue weighted by Crippen LogP contribution is 2.05. The van der Waals surface area contributed by atoms with E-state index in [4.69, 9.17) is 5.11 Å². The zero-order valence-corrected chi connectivity index (χ0v) is 8.46. The first-order valence-corrected chi connectivity index (χ1v) is 4.70. The summed E-state index contributed by atoms with van der Waals surface area (Å²) in [6, 6.07) is 0. The highest BCUT2D eigenvalue weighted by Gasteiger charge is 2.17. The van der Waals surface area contributed by atoms with E-state index in [9.17, 15) is 13.6 Å². The summed E-state index contributed by atoms with van der Waals surface area (Å²) >= 11 is 0. The molecular weight excluding hydrogens is 192 g/mol. The Balaban J connectivity index is 3.64. The summed E-state index contributed by atoms with van der Waals surface area (Å²) in [7, 11) is 0. The number of alkyl halides is 2. The van der Waals surface area contributed by atoms with Gasteiger partial charge >= 0.3 is 0 Å². The number of amides is 1. The quantitative estimate of drug-likeness (QED) is 0.689. The maximum Gasteiger partial charge on any atom is 0.265 e. The van der Waals surface area contributed by atoms with Gasteiger partial charge in [-0.1, -0.05) is 20.3 Å². The van der Waals surface area contributed by atoms with E-state index >= 15 is 0 Å². The van der Waals surface area contributed by atoms with E-state index in [1.807, 2.05) is 13.8 Å². The van der Waals surface area contributed by atoms with Crippen LogP contribution in [0.3, 0.4) is 0 Å². The molecule has 0 aliphatic rings. The molecule has 0 heterocycles. The lowest BCUT2D eigenvalue weighted by atomic mass is 10.1. The second kappa shape index (κ2) is 6.70. The van der Waals surface area contributed by atoms with Gasteiger partial charge in [0.25, 0.3) is 6.43 Å². The predicted octanol–water partition coefficient (Wildman–Crippen LogP) is 1.16. The summed E-state index contributed by atoms with van der Waals surface area (Å²) in [6.07, 6.45) is -3.40. The molecule has 0 bridgehead atoms. The average Bonchev–Trinajstić information content (AvgIpc) is 2.13. The summed E-state index contributed by atoms with van der Waals surface area (Å²) in [4.78, 5) is 11.1. The highest BCUT2D eigenvalue weighted by atomic mass is 19.3. The molecule has 0 saturated carbocycles. The Labute approximate surface area is 82.5 Å². The van der Waals surface area contributed by atoms with Crippen LogP contribution in [-0.4, -0.2) is 30.1 Å². The molecule has 2 atom stereocenters. The smallest absolute Gasteiger partial charge is 0.265 e. The number of carbonyl (C=O) groups is 1. The van der Waals surface area contributed by atoms with Crippen molar-refractivity contribution >= 4 is 5.91 Å². The third kappa shape index (κ3) is 5.85. The number of aliphatic hydroxyl groups is 1. The molecule has 0 aromatic carbocycles. The third-order valence-corrected chi connectivity index (χ3v) is 2.03. The van der Waals surface area contributed by atoms with Crippen molar-refractivity contribution in [3.05, 3.63) is 0 Å². The molecule has 5 heteroatoms. The average molecular weight is 209 g/mol. The number of hydrogen-bond donors (Lipinski definition) is 2. The fourth-order valence-corrected chi connectivity index (χ4v) is 0.840. The standard InChI is InChI=1S/C9H17F2NO2/c1-3-6(2)4-8(14)12-5-7(13)9(10)11/h6-7,9,13H,3-5H2,1-2H3,(H,12,14). The summed E-state index contributed by atoms with van der Waals surface area (Å²) < 4.78 is 23.6. The van der Waals surface area contributed by atoms with E-state index in [0.717, 1.165) is 6.42 Å². The van der Waals surface area contributed by atoms with Crippen molar-refractivity contribution in [1.29, 1.82) is 0 Å². The maximum absolute atomic E-state index is 11.8. The molecule has 1 amide bonds. The van der Waals surface area contributed by atoms with Crippen molar-refractivity contribution in [2.75, 3.05) is 6.54 Å². The highest BCUT2D eigenvalue weighted by molar-refractivity contribution is 5.76. The number of carbonyl (C=O) groups excluding carboxylic acids is 1. The zero-order valence-electron chi connectivity index (χ0n) is 8.46. The fraction of sp³-hybridized carbons (Fsp3) is 0.889. The van der Waals surface area contributed by atoms with Crippen LogP contribution in [0.5, 0.6) is 0 Å². The van der Waals surface area contributed by atoms with Crippen LogP contribution in [0.2, 0.25) is 0 Å². The van der Waals surface area contributed by atoms with Gasteiger partial charge in [0.05, 0.1) is 0 Å². The molecule has 0 radical (unpaired) electrons. The van der Waals surface area contributed by atoms with Crippen LogP contribution in [0, 0.1) is 5.92 Å². The molecule has 0 aromatic heterocycles. The van der Waals surface area contributed by atoms with E-state index < -0.39 is 12.5 Å². The van der Waals surface area contributed by atoms with Crippen molar-refractivity contribution in [2.45, 2.75) is 39.2 Å². The van der Waals surface area contributed by atoms with Crippen LogP contribution >= 0.6 is 0 Å². The number of halogens is 2. The van der Waals surface area contributed by atoms with Gasteiger partial charge in [0.2, 0.25) is 5.91 Å². The van der Waals surface area contributed by atoms with Crippen molar-refractivity contribution in [2.24, 2.45) is 5.92 Å².